The SMILES string of the molecule is CCCNC(=O)Nc1cc(C(=O)NC(CC(=O)O)c2ccc(C)cc2)ccc1N1CCN(C(=O)c2cccnc2)CC1. The number of piperazine rings is 1. The Morgan fingerprint density at radius 2 is 1.71 bits per heavy atom. The zero-order valence-corrected chi connectivity index (χ0v) is 23.8. The molecule has 1 aliphatic rings. The van der Waals surface area contributed by atoms with Gasteiger partial charge < -0.3 is 30.9 Å². The number of hydrogen-bond acceptors (Lipinski definition) is 6. The summed E-state index contributed by atoms with van der Waals surface area (Å²) >= 11 is 0. The summed E-state index contributed by atoms with van der Waals surface area (Å²) in [5.41, 5.74) is 3.67. The third kappa shape index (κ3) is 7.84. The first-order valence-corrected chi connectivity index (χ1v) is 14.0. The number of benzene rings is 2. The molecular formula is C31H36N6O5. The van der Waals surface area contributed by atoms with E-state index in [0.29, 0.717) is 55.2 Å². The van der Waals surface area contributed by atoms with Crippen LogP contribution in [0, 0.1) is 6.92 Å². The Bertz CT molecular complexity index is 1410. The number of hydrogen-bond donors (Lipinski definition) is 4. The number of amides is 4. The molecule has 2 aromatic carbocycles. The molecule has 0 bridgehead atoms. The number of carbonyl (C=O) groups excluding carboxylic acids is 3. The van der Waals surface area contributed by atoms with Crippen LogP contribution in [0.3, 0.4) is 0 Å². The number of urea groups is 1. The molecule has 2 heterocycles. The van der Waals surface area contributed by atoms with Gasteiger partial charge in [-0.15, -0.1) is 0 Å². The van der Waals surface area contributed by atoms with Crippen molar-refractivity contribution in [3.05, 3.63) is 89.2 Å². The third-order valence-electron chi connectivity index (χ3n) is 7.02. The number of aryl methyl sites for hydroxylation is 1. The van der Waals surface area contributed by atoms with Crippen LogP contribution in [0.25, 0.3) is 0 Å². The zero-order chi connectivity index (χ0) is 30.1. The number of carboxylic acid groups (broad SMARTS) is 1. The molecule has 0 saturated carbocycles. The number of anilines is 2. The Labute approximate surface area is 244 Å². The molecular weight excluding hydrogens is 536 g/mol. The Kier molecular flexibility index (Phi) is 10.1. The fourth-order valence-corrected chi connectivity index (χ4v) is 4.75. The third-order valence-corrected chi connectivity index (χ3v) is 7.02. The molecule has 1 unspecified atom stereocenters. The molecule has 1 fully saturated rings. The molecule has 1 atom stereocenters. The van der Waals surface area contributed by atoms with Gasteiger partial charge in [0.1, 0.15) is 0 Å². The predicted molar refractivity (Wildman–Crippen MR) is 160 cm³/mol. The van der Waals surface area contributed by atoms with Crippen LogP contribution in [-0.4, -0.2) is 71.5 Å². The lowest BCUT2D eigenvalue weighted by atomic mass is 10.0. The van der Waals surface area contributed by atoms with Crippen LogP contribution in [0.15, 0.2) is 67.0 Å². The van der Waals surface area contributed by atoms with Gasteiger partial charge in [0, 0.05) is 50.7 Å². The van der Waals surface area contributed by atoms with Gasteiger partial charge in [0.2, 0.25) is 0 Å². The zero-order valence-electron chi connectivity index (χ0n) is 23.8. The lowest BCUT2D eigenvalue weighted by Gasteiger charge is -2.37. The summed E-state index contributed by atoms with van der Waals surface area (Å²) in [7, 11) is 0. The van der Waals surface area contributed by atoms with E-state index in [-0.39, 0.29) is 17.9 Å². The van der Waals surface area contributed by atoms with Crippen molar-refractivity contribution in [2.45, 2.75) is 32.7 Å². The Balaban J connectivity index is 1.53. The van der Waals surface area contributed by atoms with E-state index in [9.17, 15) is 24.3 Å². The number of rotatable bonds is 10. The Morgan fingerprint density at radius 1 is 0.976 bits per heavy atom. The quantitative estimate of drug-likeness (QED) is 0.289. The van der Waals surface area contributed by atoms with Crippen LogP contribution >= 0.6 is 0 Å². The van der Waals surface area contributed by atoms with Gasteiger partial charge in [-0.05, 0) is 49.2 Å². The molecule has 1 saturated heterocycles. The highest BCUT2D eigenvalue weighted by atomic mass is 16.4. The summed E-state index contributed by atoms with van der Waals surface area (Å²) in [5, 5.41) is 17.9. The number of nitrogens with zero attached hydrogens (tertiary/aromatic N) is 3. The predicted octanol–water partition coefficient (Wildman–Crippen LogP) is 3.83. The van der Waals surface area contributed by atoms with Crippen LogP contribution in [0.5, 0.6) is 0 Å². The molecule has 0 radical (unpaired) electrons. The van der Waals surface area contributed by atoms with Crippen molar-refractivity contribution in [3.63, 3.8) is 0 Å². The lowest BCUT2D eigenvalue weighted by Crippen LogP contribution is -2.49. The topological polar surface area (TPSA) is 144 Å². The van der Waals surface area contributed by atoms with Crippen molar-refractivity contribution in [2.75, 3.05) is 42.9 Å². The Morgan fingerprint density at radius 3 is 2.36 bits per heavy atom. The number of aromatic nitrogens is 1. The van der Waals surface area contributed by atoms with Crippen LogP contribution in [0.1, 0.15) is 57.7 Å². The van der Waals surface area contributed by atoms with Gasteiger partial charge in [-0.1, -0.05) is 36.8 Å². The average molecular weight is 573 g/mol. The molecule has 1 aliphatic heterocycles. The molecule has 11 heteroatoms. The molecule has 0 spiro atoms. The summed E-state index contributed by atoms with van der Waals surface area (Å²) in [5.74, 6) is -1.58. The lowest BCUT2D eigenvalue weighted by molar-refractivity contribution is -0.137. The maximum Gasteiger partial charge on any atom is 0.319 e. The van der Waals surface area contributed by atoms with Crippen molar-refractivity contribution < 1.29 is 24.3 Å². The second kappa shape index (κ2) is 14.1. The van der Waals surface area contributed by atoms with Gasteiger partial charge in [-0.2, -0.15) is 0 Å². The molecule has 220 valence electrons. The minimum atomic E-state index is -1.03. The highest BCUT2D eigenvalue weighted by Crippen LogP contribution is 2.29. The maximum atomic E-state index is 13.3. The normalized spacial score (nSPS) is 13.7. The first-order chi connectivity index (χ1) is 20.2. The number of aliphatic carboxylic acids is 1. The summed E-state index contributed by atoms with van der Waals surface area (Å²) in [6, 6.07) is 14.7. The second-order valence-electron chi connectivity index (χ2n) is 10.2. The molecule has 4 amide bonds. The summed E-state index contributed by atoms with van der Waals surface area (Å²) in [4.78, 5) is 58.3. The van der Waals surface area contributed by atoms with Crippen molar-refractivity contribution in [3.8, 4) is 0 Å². The highest BCUT2D eigenvalue weighted by Gasteiger charge is 2.25. The Hall–Kier alpha value is -4.93. The summed E-state index contributed by atoms with van der Waals surface area (Å²) < 4.78 is 0. The summed E-state index contributed by atoms with van der Waals surface area (Å²) in [6.45, 7) is 6.37. The van der Waals surface area contributed by atoms with Crippen LogP contribution in [0.2, 0.25) is 0 Å². The van der Waals surface area contributed by atoms with E-state index in [1.54, 1.807) is 59.8 Å². The van der Waals surface area contributed by atoms with Crippen molar-refractivity contribution in [1.82, 2.24) is 20.5 Å². The van der Waals surface area contributed by atoms with Gasteiger partial charge >= 0.3 is 12.0 Å². The number of nitrogens with one attached hydrogen (secondary N) is 3. The van der Waals surface area contributed by atoms with Crippen LogP contribution in [-0.2, 0) is 4.79 Å². The van der Waals surface area contributed by atoms with Crippen molar-refractivity contribution in [1.29, 1.82) is 0 Å². The largest absolute Gasteiger partial charge is 0.481 e. The fraction of sp³-hybridized carbons (Fsp3) is 0.323. The smallest absolute Gasteiger partial charge is 0.319 e. The highest BCUT2D eigenvalue weighted by molar-refractivity contribution is 6.00. The van der Waals surface area contributed by atoms with E-state index >= 15 is 0 Å². The van der Waals surface area contributed by atoms with E-state index in [4.69, 9.17) is 0 Å². The fourth-order valence-electron chi connectivity index (χ4n) is 4.75. The molecule has 1 aromatic heterocycles. The number of pyridine rings is 1. The monoisotopic (exact) mass is 572 g/mol. The molecule has 42 heavy (non-hydrogen) atoms. The van der Waals surface area contributed by atoms with Gasteiger partial charge in [0.05, 0.1) is 29.4 Å². The van der Waals surface area contributed by atoms with E-state index < -0.39 is 23.9 Å². The maximum absolute atomic E-state index is 13.3. The van der Waals surface area contributed by atoms with E-state index in [1.807, 2.05) is 26.0 Å². The van der Waals surface area contributed by atoms with Crippen molar-refractivity contribution >= 4 is 35.2 Å². The van der Waals surface area contributed by atoms with E-state index in [2.05, 4.69) is 25.8 Å². The standard InChI is InChI=1S/C31H36N6O5/c1-3-12-33-31(42)35-26-18-23(29(40)34-25(19-28(38)39)22-8-6-21(2)7-9-22)10-11-27(26)36-14-16-37(17-15-36)30(41)24-5-4-13-32-20-24/h4-11,13,18,20,25H,3,12,14-17,19H2,1-2H3,(H,34,40)(H,38,39)(H2,33,35,42). The number of carbonyl (C=O) groups is 4. The number of carboxylic acids is 1. The second-order valence-corrected chi connectivity index (χ2v) is 10.2. The first-order valence-electron chi connectivity index (χ1n) is 14.0. The summed E-state index contributed by atoms with van der Waals surface area (Å²) in [6.07, 6.45) is 3.66. The van der Waals surface area contributed by atoms with Gasteiger partial charge in [-0.25, -0.2) is 4.79 Å². The minimum absolute atomic E-state index is 0.0865. The van der Waals surface area contributed by atoms with Gasteiger partial charge in [0.25, 0.3) is 11.8 Å². The molecule has 3 aromatic rings. The van der Waals surface area contributed by atoms with E-state index in [0.717, 1.165) is 12.0 Å². The first kappa shape index (κ1) is 30.0. The van der Waals surface area contributed by atoms with Gasteiger partial charge in [-0.3, -0.25) is 19.4 Å². The van der Waals surface area contributed by atoms with Crippen molar-refractivity contribution in [2.24, 2.45) is 0 Å². The molecule has 4 N–H and O–H groups in total. The van der Waals surface area contributed by atoms with E-state index in [1.165, 1.54) is 0 Å². The molecule has 0 aliphatic carbocycles. The van der Waals surface area contributed by atoms with Crippen LogP contribution in [0.4, 0.5) is 16.2 Å². The minimum Gasteiger partial charge on any atom is -0.481 e. The van der Waals surface area contributed by atoms with Gasteiger partial charge in [0.15, 0.2) is 0 Å². The molecule has 4 rings (SSSR count). The molecule has 11 nitrogen and oxygen atoms in total. The van der Waals surface area contributed by atoms with Crippen LogP contribution < -0.4 is 20.9 Å². The average Bonchev–Trinajstić information content (AvgIpc) is 3.00.